The topological polar surface area (TPSA) is 71.1 Å². The van der Waals surface area contributed by atoms with Crippen LogP contribution in [0.1, 0.15) is 27.8 Å². The smallest absolute Gasteiger partial charge is 0.231 e. The number of ether oxygens (including phenoxy) is 4. The van der Waals surface area contributed by atoms with Crippen LogP contribution in [0.2, 0.25) is 5.02 Å². The number of halogens is 1. The average Bonchev–Trinajstić information content (AvgIpc) is 2.88. The quantitative estimate of drug-likeness (QED) is 0.775. The van der Waals surface area contributed by atoms with Gasteiger partial charge in [0.25, 0.3) is 0 Å². The summed E-state index contributed by atoms with van der Waals surface area (Å²) in [5.41, 5.74) is -1.76. The highest BCUT2D eigenvalue weighted by atomic mass is 35.5. The van der Waals surface area contributed by atoms with E-state index in [4.69, 9.17) is 34.7 Å². The zero-order valence-electron chi connectivity index (χ0n) is 16.3. The van der Waals surface area contributed by atoms with Crippen LogP contribution in [0, 0.1) is 5.92 Å². The Kier molecular flexibility index (Phi) is 3.12. The molecule has 24 heavy (non-hydrogen) atoms. The average molecular weight is 357 g/mol. The summed E-state index contributed by atoms with van der Waals surface area (Å²) in [5.74, 6) is -1.57. The number of carbonyl (C=O) groups is 2. The van der Waals surface area contributed by atoms with Gasteiger partial charge in [0.15, 0.2) is 17.3 Å². The summed E-state index contributed by atoms with van der Waals surface area (Å²) < 4.78 is 43.5. The second-order valence-electron chi connectivity index (χ2n) is 5.65. The molecule has 0 unspecified atom stereocenters. The van der Waals surface area contributed by atoms with Gasteiger partial charge in [-0.3, -0.25) is 9.59 Å². The van der Waals surface area contributed by atoms with E-state index in [1.165, 1.54) is 26.4 Å². The minimum atomic E-state index is -2.81. The lowest BCUT2D eigenvalue weighted by molar-refractivity contribution is -0.118. The van der Waals surface area contributed by atoms with Gasteiger partial charge in [-0.15, -0.1) is 0 Å². The van der Waals surface area contributed by atoms with Gasteiger partial charge >= 0.3 is 0 Å². The highest BCUT2D eigenvalue weighted by Crippen LogP contribution is 2.54. The van der Waals surface area contributed by atoms with Gasteiger partial charge in [0.1, 0.15) is 22.1 Å². The molecule has 1 aromatic rings. The molecule has 0 saturated carbocycles. The number of methoxy groups -OCH3 is 3. The molecule has 0 radical (unpaired) electrons. The van der Waals surface area contributed by atoms with Crippen LogP contribution in [0.15, 0.2) is 17.9 Å². The zero-order valence-corrected chi connectivity index (χ0v) is 14.0. The van der Waals surface area contributed by atoms with Crippen molar-refractivity contribution in [2.24, 2.45) is 5.92 Å². The van der Waals surface area contributed by atoms with Crippen LogP contribution in [-0.4, -0.2) is 38.4 Å². The van der Waals surface area contributed by atoms with Gasteiger partial charge in [-0.1, -0.05) is 18.5 Å². The molecular formula is C17H17ClO6. The maximum Gasteiger partial charge on any atom is 0.231 e. The first-order valence-corrected chi connectivity index (χ1v) is 7.55. The summed E-state index contributed by atoms with van der Waals surface area (Å²) in [5, 5.41) is -0.00447. The molecule has 0 saturated heterocycles. The van der Waals surface area contributed by atoms with E-state index < -0.39 is 24.3 Å². The lowest BCUT2D eigenvalue weighted by Crippen LogP contribution is -2.51. The van der Waals surface area contributed by atoms with E-state index in [0.29, 0.717) is 0 Å². The van der Waals surface area contributed by atoms with Crippen molar-refractivity contribution in [1.82, 2.24) is 0 Å². The molecule has 1 aliphatic carbocycles. The monoisotopic (exact) mass is 356 g/mol. The fourth-order valence-corrected chi connectivity index (χ4v) is 3.48. The Balaban J connectivity index is 2.25. The molecule has 7 heteroatoms. The number of Topliss-reactive ketones (excluding diaryl/α,β-unsaturated/α-hetero) is 1. The molecule has 1 heterocycles. The number of hydrogen-bond acceptors (Lipinski definition) is 6. The molecule has 0 aromatic heterocycles. The largest absolute Gasteiger partial charge is 0.496 e. The SMILES string of the molecule is [2H][13C]([2H])([2H])Oc1cc(OC)c(Cl)c2c1C(=O)[C@@]1(O2)C(OC)=CC(=O)C[C@H]1C. The summed E-state index contributed by atoms with van der Waals surface area (Å²) in [6.45, 7) is 1.67. The Morgan fingerprint density at radius 2 is 2.04 bits per heavy atom. The van der Waals surface area contributed by atoms with Crippen molar-refractivity contribution >= 4 is 23.2 Å². The molecule has 6 nitrogen and oxygen atoms in total. The minimum Gasteiger partial charge on any atom is -0.496 e. The highest BCUT2D eigenvalue weighted by Gasteiger charge is 2.59. The van der Waals surface area contributed by atoms with Crippen molar-refractivity contribution in [1.29, 1.82) is 0 Å². The number of rotatable bonds is 3. The molecule has 2 atom stereocenters. The first-order chi connectivity index (χ1) is 12.5. The summed E-state index contributed by atoms with van der Waals surface area (Å²) in [4.78, 5) is 25.3. The molecule has 0 amide bonds. The van der Waals surface area contributed by atoms with Crippen molar-refractivity contribution in [3.63, 3.8) is 0 Å². The van der Waals surface area contributed by atoms with Crippen molar-refractivity contribution in [2.45, 2.75) is 18.9 Å². The Bertz CT molecular complexity index is 863. The van der Waals surface area contributed by atoms with Crippen molar-refractivity contribution in [2.75, 3.05) is 21.3 Å². The van der Waals surface area contributed by atoms with E-state index in [2.05, 4.69) is 0 Å². The molecule has 0 bridgehead atoms. The standard InChI is InChI=1S/C17H17ClO6/c1-8-5-9(19)6-12(23-4)17(8)16(20)13-10(21-2)7-11(22-3)14(18)15(13)24-17/h6-8H,5H2,1-4H3/t8-,17+/m1/s1/i2+1D3. The lowest BCUT2D eigenvalue weighted by Gasteiger charge is -2.36. The number of hydrogen-bond donors (Lipinski definition) is 0. The second-order valence-corrected chi connectivity index (χ2v) is 6.03. The van der Waals surface area contributed by atoms with Crippen LogP contribution in [-0.2, 0) is 9.53 Å². The van der Waals surface area contributed by atoms with Gasteiger partial charge in [-0.05, 0) is 0 Å². The van der Waals surface area contributed by atoms with Crippen LogP contribution in [0.25, 0.3) is 0 Å². The van der Waals surface area contributed by atoms with Crippen molar-refractivity contribution < 1.29 is 32.6 Å². The number of ketones is 2. The van der Waals surface area contributed by atoms with Crippen LogP contribution in [0.3, 0.4) is 0 Å². The third-order valence-corrected chi connectivity index (χ3v) is 4.75. The molecule has 2 aliphatic rings. The van der Waals surface area contributed by atoms with Gasteiger partial charge in [0.2, 0.25) is 11.4 Å². The molecule has 1 spiro atoms. The molecule has 128 valence electrons. The zero-order chi connectivity index (χ0) is 20.1. The maximum absolute atomic E-state index is 13.4. The highest BCUT2D eigenvalue weighted by molar-refractivity contribution is 6.35. The maximum atomic E-state index is 13.4. The molecular weight excluding hydrogens is 337 g/mol. The van der Waals surface area contributed by atoms with E-state index in [1.807, 2.05) is 0 Å². The van der Waals surface area contributed by atoms with Gasteiger partial charge in [-0.2, -0.15) is 0 Å². The third-order valence-electron chi connectivity index (χ3n) is 4.39. The minimum absolute atomic E-state index is 0.00447. The van der Waals surface area contributed by atoms with E-state index >= 15 is 0 Å². The molecule has 0 fully saturated rings. The number of benzene rings is 1. The third kappa shape index (κ3) is 2.02. The summed E-state index contributed by atoms with van der Waals surface area (Å²) in [6.07, 6.45) is 1.26. The first kappa shape index (κ1) is 13.1. The lowest BCUT2D eigenvalue weighted by atomic mass is 9.75. The van der Waals surface area contributed by atoms with Gasteiger partial charge in [-0.25, -0.2) is 0 Å². The summed E-state index contributed by atoms with van der Waals surface area (Å²) in [6, 6.07) is 1.22. The number of allylic oxidation sites excluding steroid dienone is 1. The van der Waals surface area contributed by atoms with Gasteiger partial charge in [0, 0.05) is 24.5 Å². The number of fused-ring (bicyclic) bond motifs is 1. The first-order valence-electron chi connectivity index (χ1n) is 8.67. The normalized spacial score (nSPS) is 27.6. The molecule has 0 N–H and O–H groups in total. The summed E-state index contributed by atoms with van der Waals surface area (Å²) in [7, 11) is -0.154. The predicted molar refractivity (Wildman–Crippen MR) is 86.1 cm³/mol. The fraction of sp³-hybridized carbons (Fsp3) is 0.412. The summed E-state index contributed by atoms with van der Waals surface area (Å²) >= 11 is 6.31. The van der Waals surface area contributed by atoms with Gasteiger partial charge < -0.3 is 18.9 Å². The Morgan fingerprint density at radius 1 is 1.29 bits per heavy atom. The van der Waals surface area contributed by atoms with Crippen LogP contribution in [0.5, 0.6) is 17.2 Å². The van der Waals surface area contributed by atoms with Crippen LogP contribution in [0.4, 0.5) is 0 Å². The van der Waals surface area contributed by atoms with E-state index in [1.54, 1.807) is 6.92 Å². The van der Waals surface area contributed by atoms with E-state index in [9.17, 15) is 9.59 Å². The molecule has 1 aromatic carbocycles. The molecule has 3 rings (SSSR count). The predicted octanol–water partition coefficient (Wildman–Crippen LogP) is 2.81. The van der Waals surface area contributed by atoms with Crippen LogP contribution >= 0.6 is 11.6 Å². The van der Waals surface area contributed by atoms with E-state index in [0.717, 1.165) is 0 Å². The van der Waals surface area contributed by atoms with Crippen molar-refractivity contribution in [3.05, 3.63) is 28.5 Å². The Morgan fingerprint density at radius 3 is 2.67 bits per heavy atom. The Hall–Kier alpha value is -2.21. The van der Waals surface area contributed by atoms with Crippen molar-refractivity contribution in [3.8, 4) is 17.2 Å². The fourth-order valence-electron chi connectivity index (χ4n) is 3.22. The number of carbonyl (C=O) groups excluding carboxylic acids is 2. The molecule has 1 aliphatic heterocycles. The van der Waals surface area contributed by atoms with Gasteiger partial charge in [0.05, 0.1) is 25.4 Å². The second kappa shape index (κ2) is 5.70. The Labute approximate surface area is 148 Å². The van der Waals surface area contributed by atoms with Crippen LogP contribution < -0.4 is 14.2 Å². The van der Waals surface area contributed by atoms with E-state index in [-0.39, 0.29) is 45.8 Å².